The molecule has 1 aliphatic rings. The van der Waals surface area contributed by atoms with Crippen LogP contribution in [0.25, 0.3) is 0 Å². The molecule has 13 heavy (non-hydrogen) atoms. The molecular weight excluding hydrogens is 250 g/mol. The number of hydrogen-bond acceptors (Lipinski definition) is 3. The second kappa shape index (κ2) is 3.52. The van der Waals surface area contributed by atoms with Crippen molar-refractivity contribution in [2.24, 2.45) is 5.73 Å². The molecule has 0 unspecified atom stereocenters. The van der Waals surface area contributed by atoms with Crippen LogP contribution in [0, 0.1) is 0 Å². The van der Waals surface area contributed by atoms with Crippen molar-refractivity contribution in [2.75, 3.05) is 6.54 Å². The Balaban J connectivity index is 2.44. The van der Waals surface area contributed by atoms with Crippen molar-refractivity contribution in [1.29, 1.82) is 0 Å². The van der Waals surface area contributed by atoms with Crippen molar-refractivity contribution < 1.29 is 4.79 Å². The highest BCUT2D eigenvalue weighted by Crippen LogP contribution is 2.38. The summed E-state index contributed by atoms with van der Waals surface area (Å²) in [4.78, 5) is 13.6. The molecule has 0 aliphatic heterocycles. The average molecular weight is 260 g/mol. The fourth-order valence-corrected chi connectivity index (χ4v) is 3.90. The lowest BCUT2D eigenvalue weighted by atomic mass is 10.2. The van der Waals surface area contributed by atoms with E-state index in [1.165, 1.54) is 16.9 Å². The molecule has 1 heterocycles. The Morgan fingerprint density at radius 1 is 1.54 bits per heavy atom. The van der Waals surface area contributed by atoms with E-state index in [0.717, 1.165) is 22.2 Å². The molecule has 0 atom stereocenters. The molecule has 0 bridgehead atoms. The SMILES string of the molecule is NCC(=O)c1sc2c(c1Br)CCC2. The van der Waals surface area contributed by atoms with Gasteiger partial charge in [0.25, 0.3) is 0 Å². The number of nitrogens with two attached hydrogens (primary N) is 1. The molecule has 70 valence electrons. The Morgan fingerprint density at radius 3 is 2.92 bits per heavy atom. The minimum absolute atomic E-state index is 0.0475. The molecule has 1 aromatic rings. The van der Waals surface area contributed by atoms with E-state index in [1.807, 2.05) is 0 Å². The van der Waals surface area contributed by atoms with E-state index >= 15 is 0 Å². The van der Waals surface area contributed by atoms with Gasteiger partial charge in [-0.25, -0.2) is 0 Å². The first-order chi connectivity index (χ1) is 6.24. The normalized spacial score (nSPS) is 14.6. The number of carbonyl (C=O) groups excluding carboxylic acids is 1. The van der Waals surface area contributed by atoms with Crippen molar-refractivity contribution >= 4 is 33.0 Å². The smallest absolute Gasteiger partial charge is 0.187 e. The number of fused-ring (bicyclic) bond motifs is 1. The van der Waals surface area contributed by atoms with Gasteiger partial charge in [0.2, 0.25) is 0 Å². The molecule has 0 radical (unpaired) electrons. The van der Waals surface area contributed by atoms with Crippen LogP contribution in [0.2, 0.25) is 0 Å². The van der Waals surface area contributed by atoms with E-state index in [-0.39, 0.29) is 12.3 Å². The third-order valence-corrected chi connectivity index (χ3v) is 4.77. The Bertz CT molecular complexity index is 359. The van der Waals surface area contributed by atoms with Crippen molar-refractivity contribution in [3.05, 3.63) is 19.8 Å². The first-order valence-electron chi connectivity index (χ1n) is 4.27. The van der Waals surface area contributed by atoms with Crippen molar-refractivity contribution in [1.82, 2.24) is 0 Å². The number of ketones is 1. The summed E-state index contributed by atoms with van der Waals surface area (Å²) < 4.78 is 1.00. The molecule has 0 amide bonds. The van der Waals surface area contributed by atoms with E-state index in [2.05, 4.69) is 15.9 Å². The summed E-state index contributed by atoms with van der Waals surface area (Å²) in [6.45, 7) is 0.109. The van der Waals surface area contributed by atoms with Crippen LogP contribution in [0.4, 0.5) is 0 Å². The third-order valence-electron chi connectivity index (χ3n) is 2.30. The van der Waals surface area contributed by atoms with Gasteiger partial charge in [-0.1, -0.05) is 0 Å². The summed E-state index contributed by atoms with van der Waals surface area (Å²) in [5.74, 6) is 0.0475. The zero-order chi connectivity index (χ0) is 9.42. The highest BCUT2D eigenvalue weighted by molar-refractivity contribution is 9.10. The van der Waals surface area contributed by atoms with Crippen LogP contribution in [-0.4, -0.2) is 12.3 Å². The van der Waals surface area contributed by atoms with Crippen molar-refractivity contribution in [3.8, 4) is 0 Å². The minimum Gasteiger partial charge on any atom is -0.324 e. The van der Waals surface area contributed by atoms with Crippen molar-refractivity contribution in [3.63, 3.8) is 0 Å². The lowest BCUT2D eigenvalue weighted by Crippen LogP contribution is -2.12. The first-order valence-corrected chi connectivity index (χ1v) is 5.88. The number of carbonyl (C=O) groups is 1. The predicted molar refractivity (Wildman–Crippen MR) is 57.4 cm³/mol. The summed E-state index contributed by atoms with van der Waals surface area (Å²) >= 11 is 5.08. The fraction of sp³-hybridized carbons (Fsp3) is 0.444. The summed E-state index contributed by atoms with van der Waals surface area (Å²) in [5, 5.41) is 0. The molecule has 0 fully saturated rings. The quantitative estimate of drug-likeness (QED) is 0.828. The van der Waals surface area contributed by atoms with Crippen LogP contribution in [-0.2, 0) is 12.8 Å². The van der Waals surface area contributed by atoms with Crippen LogP contribution in [0.1, 0.15) is 26.5 Å². The van der Waals surface area contributed by atoms with Crippen LogP contribution in [0.5, 0.6) is 0 Å². The summed E-state index contributed by atoms with van der Waals surface area (Å²) in [5.41, 5.74) is 6.66. The fourth-order valence-electron chi connectivity index (χ4n) is 1.64. The number of rotatable bonds is 2. The molecule has 2 N–H and O–H groups in total. The average Bonchev–Trinajstić information content (AvgIpc) is 2.68. The second-order valence-corrected chi connectivity index (χ2v) is 5.03. The lowest BCUT2D eigenvalue weighted by Gasteiger charge is -1.95. The Kier molecular flexibility index (Phi) is 2.53. The van der Waals surface area contributed by atoms with Gasteiger partial charge in [0, 0.05) is 9.35 Å². The number of halogens is 1. The van der Waals surface area contributed by atoms with Gasteiger partial charge in [0.05, 0.1) is 11.4 Å². The molecule has 4 heteroatoms. The topological polar surface area (TPSA) is 43.1 Å². The van der Waals surface area contributed by atoms with E-state index in [1.54, 1.807) is 11.3 Å². The van der Waals surface area contributed by atoms with Gasteiger partial charge >= 0.3 is 0 Å². The number of hydrogen-bond donors (Lipinski definition) is 1. The van der Waals surface area contributed by atoms with Crippen LogP contribution in [0.3, 0.4) is 0 Å². The maximum absolute atomic E-state index is 11.4. The largest absolute Gasteiger partial charge is 0.324 e. The van der Waals surface area contributed by atoms with Gasteiger partial charge in [0.1, 0.15) is 0 Å². The molecule has 0 aromatic carbocycles. The molecule has 2 rings (SSSR count). The van der Waals surface area contributed by atoms with Gasteiger partial charge in [-0.3, -0.25) is 4.79 Å². The maximum atomic E-state index is 11.4. The Labute approximate surface area is 89.3 Å². The Hall–Kier alpha value is -0.190. The lowest BCUT2D eigenvalue weighted by molar-refractivity contribution is 0.100. The van der Waals surface area contributed by atoms with E-state index in [4.69, 9.17) is 5.73 Å². The highest BCUT2D eigenvalue weighted by Gasteiger charge is 2.23. The number of Topliss-reactive ketones (excluding diaryl/α,β-unsaturated/α-hetero) is 1. The van der Waals surface area contributed by atoms with Gasteiger partial charge in [-0.05, 0) is 40.8 Å². The number of thiophene rings is 1. The zero-order valence-corrected chi connectivity index (χ0v) is 9.50. The van der Waals surface area contributed by atoms with Gasteiger partial charge in [-0.15, -0.1) is 11.3 Å². The summed E-state index contributed by atoms with van der Waals surface area (Å²) in [6.07, 6.45) is 3.44. The molecule has 2 nitrogen and oxygen atoms in total. The number of aryl methyl sites for hydroxylation is 1. The van der Waals surface area contributed by atoms with Gasteiger partial charge < -0.3 is 5.73 Å². The van der Waals surface area contributed by atoms with E-state index in [0.29, 0.717) is 0 Å². The Morgan fingerprint density at radius 2 is 2.31 bits per heavy atom. The minimum atomic E-state index is 0.0475. The molecular formula is C9H10BrNOS. The summed E-state index contributed by atoms with van der Waals surface area (Å²) in [6, 6.07) is 0. The molecule has 1 aromatic heterocycles. The van der Waals surface area contributed by atoms with Crippen LogP contribution < -0.4 is 5.73 Å². The highest BCUT2D eigenvalue weighted by atomic mass is 79.9. The van der Waals surface area contributed by atoms with E-state index < -0.39 is 0 Å². The van der Waals surface area contributed by atoms with Crippen LogP contribution >= 0.6 is 27.3 Å². The molecule has 0 spiro atoms. The molecule has 0 saturated heterocycles. The van der Waals surface area contributed by atoms with E-state index in [9.17, 15) is 4.79 Å². The summed E-state index contributed by atoms with van der Waals surface area (Å²) in [7, 11) is 0. The second-order valence-electron chi connectivity index (χ2n) is 3.13. The predicted octanol–water partition coefficient (Wildman–Crippen LogP) is 2.14. The first kappa shape index (κ1) is 9.37. The standard InChI is InChI=1S/C9H10BrNOS/c10-8-5-2-1-3-7(5)13-9(8)6(12)4-11/h1-4,11H2. The maximum Gasteiger partial charge on any atom is 0.187 e. The molecule has 0 saturated carbocycles. The zero-order valence-electron chi connectivity index (χ0n) is 7.10. The van der Waals surface area contributed by atoms with Crippen molar-refractivity contribution in [2.45, 2.75) is 19.3 Å². The third kappa shape index (κ3) is 1.47. The monoisotopic (exact) mass is 259 g/mol. The van der Waals surface area contributed by atoms with Crippen LogP contribution in [0.15, 0.2) is 4.47 Å². The molecule has 1 aliphatic carbocycles. The van der Waals surface area contributed by atoms with Gasteiger partial charge in [-0.2, -0.15) is 0 Å². The van der Waals surface area contributed by atoms with Gasteiger partial charge in [0.15, 0.2) is 5.78 Å².